The first-order chi connectivity index (χ1) is 22.7. The summed E-state index contributed by atoms with van der Waals surface area (Å²) in [4.78, 5) is 30.9. The van der Waals surface area contributed by atoms with Crippen molar-refractivity contribution in [2.75, 3.05) is 26.3 Å². The van der Waals surface area contributed by atoms with Crippen LogP contribution in [0.15, 0.2) is 66.2 Å². The van der Waals surface area contributed by atoms with Gasteiger partial charge >= 0.3 is 6.09 Å². The molecule has 47 heavy (non-hydrogen) atoms. The van der Waals surface area contributed by atoms with E-state index in [4.69, 9.17) is 21.1 Å². The number of hydrogen-bond donors (Lipinski definition) is 1. The van der Waals surface area contributed by atoms with E-state index in [1.54, 1.807) is 11.8 Å². The summed E-state index contributed by atoms with van der Waals surface area (Å²) in [7, 11) is 0. The van der Waals surface area contributed by atoms with Gasteiger partial charge < -0.3 is 24.6 Å². The number of rotatable bonds is 11. The van der Waals surface area contributed by atoms with Gasteiger partial charge in [-0.1, -0.05) is 54.1 Å². The molecular formula is C36H37ClF3N3O4. The maximum absolute atomic E-state index is 14.6. The fourth-order valence-corrected chi connectivity index (χ4v) is 6.61. The molecule has 0 spiro atoms. The standard InChI is InChI=1S/C36H37ClF3N3O4/c1-2-46-36(45)42-20-25-18-27(23-11-9-22(10-12-23)6-5-17-47-34-30(39)16-15-29(38)33(34)40)32(31(21-42)41-25)35(44)43(26-13-14-26)19-24-7-3-4-8-28(24)37/h3-4,7-12,15-16,25-26,31,41H,2,5-6,13-14,17-21H2,1H3/t25?,31-/m1/s1. The smallest absolute Gasteiger partial charge is 0.409 e. The van der Waals surface area contributed by atoms with Crippen LogP contribution in [0.25, 0.3) is 5.57 Å². The molecule has 2 fully saturated rings. The van der Waals surface area contributed by atoms with Gasteiger partial charge in [0.15, 0.2) is 17.4 Å². The minimum absolute atomic E-state index is 0.0112. The van der Waals surface area contributed by atoms with Crippen LogP contribution in [0, 0.1) is 17.5 Å². The molecule has 2 amide bonds. The van der Waals surface area contributed by atoms with Crippen LogP contribution < -0.4 is 10.1 Å². The molecule has 1 N–H and O–H groups in total. The molecule has 1 saturated heterocycles. The molecule has 248 valence electrons. The second kappa shape index (κ2) is 14.4. The molecule has 6 rings (SSSR count). The predicted octanol–water partition coefficient (Wildman–Crippen LogP) is 6.92. The van der Waals surface area contributed by atoms with E-state index in [0.717, 1.165) is 47.2 Å². The zero-order chi connectivity index (χ0) is 33.1. The van der Waals surface area contributed by atoms with E-state index in [1.807, 2.05) is 53.4 Å². The van der Waals surface area contributed by atoms with Gasteiger partial charge in [0, 0.05) is 42.3 Å². The fraction of sp³-hybridized carbons (Fsp3) is 0.389. The summed E-state index contributed by atoms with van der Waals surface area (Å²) < 4.78 is 51.8. The zero-order valence-electron chi connectivity index (χ0n) is 26.1. The van der Waals surface area contributed by atoms with Crippen LogP contribution in [-0.2, 0) is 22.5 Å². The largest absolute Gasteiger partial charge is 0.488 e. The van der Waals surface area contributed by atoms with Crippen LogP contribution in [0.4, 0.5) is 18.0 Å². The Bertz CT molecular complexity index is 1660. The average molecular weight is 668 g/mol. The molecule has 0 aromatic heterocycles. The van der Waals surface area contributed by atoms with Crippen LogP contribution in [-0.4, -0.2) is 66.2 Å². The first kappa shape index (κ1) is 32.9. The number of halogens is 4. The van der Waals surface area contributed by atoms with E-state index in [9.17, 15) is 22.8 Å². The molecule has 2 bridgehead atoms. The van der Waals surface area contributed by atoms with Gasteiger partial charge in [-0.2, -0.15) is 4.39 Å². The van der Waals surface area contributed by atoms with Crippen LogP contribution in [0.1, 0.15) is 49.3 Å². The van der Waals surface area contributed by atoms with Crippen molar-refractivity contribution in [1.82, 2.24) is 15.1 Å². The number of hydrogen-bond acceptors (Lipinski definition) is 5. The second-order valence-electron chi connectivity index (χ2n) is 12.2. The molecule has 1 unspecified atom stereocenters. The zero-order valence-corrected chi connectivity index (χ0v) is 26.9. The first-order valence-corrected chi connectivity index (χ1v) is 16.4. The lowest BCUT2D eigenvalue weighted by atomic mass is 9.82. The van der Waals surface area contributed by atoms with E-state index in [1.165, 1.54) is 0 Å². The maximum Gasteiger partial charge on any atom is 0.409 e. The van der Waals surface area contributed by atoms with Gasteiger partial charge in [0.2, 0.25) is 5.82 Å². The van der Waals surface area contributed by atoms with Gasteiger partial charge in [0.25, 0.3) is 5.91 Å². The highest BCUT2D eigenvalue weighted by atomic mass is 35.5. The van der Waals surface area contributed by atoms with Crippen molar-refractivity contribution in [2.24, 2.45) is 0 Å². The Balaban J connectivity index is 1.24. The monoisotopic (exact) mass is 667 g/mol. The highest BCUT2D eigenvalue weighted by Crippen LogP contribution is 2.38. The summed E-state index contributed by atoms with van der Waals surface area (Å²) in [6.07, 6.45) is 3.04. The summed E-state index contributed by atoms with van der Waals surface area (Å²) in [5.74, 6) is -4.23. The SMILES string of the molecule is CCOC(=O)N1CC2CC(c3ccc(CCCOc4c(F)ccc(F)c4F)cc3)=C(C(=O)N(Cc3ccccc3Cl)C3CC3)[C@@H](C1)N2. The molecule has 2 atom stereocenters. The quantitative estimate of drug-likeness (QED) is 0.178. The van der Waals surface area contributed by atoms with E-state index in [0.29, 0.717) is 49.5 Å². The first-order valence-electron chi connectivity index (χ1n) is 16.0. The number of benzene rings is 3. The number of nitrogens with zero attached hydrogens (tertiary/aromatic N) is 2. The Morgan fingerprint density at radius 3 is 2.47 bits per heavy atom. The van der Waals surface area contributed by atoms with Crippen LogP contribution >= 0.6 is 11.6 Å². The third kappa shape index (κ3) is 7.44. The van der Waals surface area contributed by atoms with Crippen molar-refractivity contribution in [1.29, 1.82) is 0 Å². The summed E-state index contributed by atoms with van der Waals surface area (Å²) in [6.45, 7) is 3.23. The summed E-state index contributed by atoms with van der Waals surface area (Å²) in [5.41, 5.74) is 4.38. The van der Waals surface area contributed by atoms with E-state index < -0.39 is 23.2 Å². The molecule has 1 saturated carbocycles. The van der Waals surface area contributed by atoms with Crippen molar-refractivity contribution >= 4 is 29.2 Å². The summed E-state index contributed by atoms with van der Waals surface area (Å²) in [5, 5.41) is 4.21. The lowest BCUT2D eigenvalue weighted by Crippen LogP contribution is -2.62. The predicted molar refractivity (Wildman–Crippen MR) is 172 cm³/mol. The average Bonchev–Trinajstić information content (AvgIpc) is 3.91. The fourth-order valence-electron chi connectivity index (χ4n) is 6.41. The van der Waals surface area contributed by atoms with E-state index in [2.05, 4.69) is 5.32 Å². The lowest BCUT2D eigenvalue weighted by molar-refractivity contribution is -0.128. The van der Waals surface area contributed by atoms with Crippen molar-refractivity contribution in [2.45, 2.75) is 63.7 Å². The van der Waals surface area contributed by atoms with Crippen LogP contribution in [0.2, 0.25) is 5.02 Å². The number of piperazine rings is 1. The van der Waals surface area contributed by atoms with Gasteiger partial charge in [0.05, 0.1) is 19.3 Å². The molecule has 2 aliphatic heterocycles. The Labute approximate surface area is 277 Å². The summed E-state index contributed by atoms with van der Waals surface area (Å²) in [6, 6.07) is 16.7. The lowest BCUT2D eigenvalue weighted by Gasteiger charge is -2.44. The minimum Gasteiger partial charge on any atom is -0.488 e. The Morgan fingerprint density at radius 1 is 1.00 bits per heavy atom. The number of fused-ring (bicyclic) bond motifs is 2. The highest BCUT2D eigenvalue weighted by molar-refractivity contribution is 6.31. The van der Waals surface area contributed by atoms with Gasteiger partial charge in [-0.25, -0.2) is 13.6 Å². The number of aryl methyl sites for hydroxylation is 1. The van der Waals surface area contributed by atoms with Crippen molar-refractivity contribution < 1.29 is 32.2 Å². The maximum atomic E-state index is 14.6. The molecule has 3 aromatic rings. The highest BCUT2D eigenvalue weighted by Gasteiger charge is 2.43. The Morgan fingerprint density at radius 2 is 1.74 bits per heavy atom. The minimum atomic E-state index is -1.34. The number of carbonyl (C=O) groups excluding carboxylic acids is 2. The van der Waals surface area contributed by atoms with Gasteiger partial charge in [-0.3, -0.25) is 4.79 Å². The normalized spacial score (nSPS) is 19.0. The van der Waals surface area contributed by atoms with Crippen LogP contribution in [0.5, 0.6) is 5.75 Å². The molecule has 0 radical (unpaired) electrons. The number of nitrogens with one attached hydrogen (secondary N) is 1. The molecule has 3 aromatic carbocycles. The van der Waals surface area contributed by atoms with Crippen molar-refractivity contribution in [3.8, 4) is 5.75 Å². The van der Waals surface area contributed by atoms with E-state index in [-0.39, 0.29) is 43.3 Å². The molecule has 2 heterocycles. The second-order valence-corrected chi connectivity index (χ2v) is 12.6. The summed E-state index contributed by atoms with van der Waals surface area (Å²) >= 11 is 6.51. The molecule has 11 heteroatoms. The molecule has 7 nitrogen and oxygen atoms in total. The third-order valence-electron chi connectivity index (χ3n) is 8.87. The topological polar surface area (TPSA) is 71.1 Å². The van der Waals surface area contributed by atoms with Gasteiger partial charge in [-0.15, -0.1) is 0 Å². The van der Waals surface area contributed by atoms with E-state index >= 15 is 0 Å². The van der Waals surface area contributed by atoms with Crippen molar-refractivity contribution in [3.05, 3.63) is 105 Å². The number of carbonyl (C=O) groups is 2. The van der Waals surface area contributed by atoms with Crippen molar-refractivity contribution in [3.63, 3.8) is 0 Å². The number of ether oxygens (including phenoxy) is 2. The number of amides is 2. The Hall–Kier alpha value is -4.02. The molecular weight excluding hydrogens is 631 g/mol. The van der Waals surface area contributed by atoms with Gasteiger partial charge in [0.1, 0.15) is 0 Å². The molecule has 1 aliphatic carbocycles. The molecule has 3 aliphatic rings. The van der Waals surface area contributed by atoms with Gasteiger partial charge in [-0.05, 0) is 79.5 Å². The third-order valence-corrected chi connectivity index (χ3v) is 9.24. The Kier molecular flexibility index (Phi) is 10.1. The van der Waals surface area contributed by atoms with Crippen LogP contribution in [0.3, 0.4) is 0 Å².